The summed E-state index contributed by atoms with van der Waals surface area (Å²) < 4.78 is 11.3. The average Bonchev–Trinajstić information content (AvgIpc) is 3.10. The van der Waals surface area contributed by atoms with Gasteiger partial charge in [-0.25, -0.2) is 9.78 Å². The van der Waals surface area contributed by atoms with Crippen LogP contribution in [0.2, 0.25) is 0 Å². The molecule has 1 aromatic carbocycles. The molecule has 27 heavy (non-hydrogen) atoms. The molecule has 0 atom stereocenters. The monoisotopic (exact) mass is 386 g/mol. The molecule has 0 N–H and O–H groups in total. The number of piperidine rings is 3. The fourth-order valence-electron chi connectivity index (χ4n) is 3.97. The van der Waals surface area contributed by atoms with Gasteiger partial charge >= 0.3 is 5.97 Å². The van der Waals surface area contributed by atoms with Gasteiger partial charge in [0.15, 0.2) is 0 Å². The summed E-state index contributed by atoms with van der Waals surface area (Å²) in [4.78, 5) is 19.7. The third-order valence-corrected chi connectivity index (χ3v) is 6.95. The van der Waals surface area contributed by atoms with Crippen molar-refractivity contribution in [3.05, 3.63) is 34.8 Å². The van der Waals surface area contributed by atoms with E-state index < -0.39 is 0 Å². The van der Waals surface area contributed by atoms with Crippen LogP contribution < -0.4 is 4.74 Å². The van der Waals surface area contributed by atoms with E-state index in [9.17, 15) is 4.79 Å². The Labute approximate surface area is 164 Å². The highest BCUT2D eigenvalue weighted by Gasteiger charge is 2.39. The fraction of sp³-hybridized carbons (Fsp3) is 0.524. The molecule has 0 spiro atoms. The Balaban J connectivity index is 1.48. The summed E-state index contributed by atoms with van der Waals surface area (Å²) in [5.41, 5.74) is 2.04. The summed E-state index contributed by atoms with van der Waals surface area (Å²) in [6, 6.07) is 8.04. The predicted molar refractivity (Wildman–Crippen MR) is 106 cm³/mol. The van der Waals surface area contributed by atoms with Gasteiger partial charge in [-0.05, 0) is 64.9 Å². The van der Waals surface area contributed by atoms with Gasteiger partial charge < -0.3 is 14.4 Å². The minimum atomic E-state index is -0.297. The topological polar surface area (TPSA) is 51.7 Å². The van der Waals surface area contributed by atoms with Gasteiger partial charge in [0.05, 0.1) is 18.9 Å². The first-order chi connectivity index (χ1) is 13.1. The number of rotatable bonds is 6. The van der Waals surface area contributed by atoms with Crippen LogP contribution in [0.1, 0.15) is 41.6 Å². The van der Waals surface area contributed by atoms with Crippen LogP contribution in [-0.2, 0) is 4.74 Å². The zero-order chi connectivity index (χ0) is 18.9. The molecule has 144 valence electrons. The molecule has 0 saturated carbocycles. The highest BCUT2D eigenvalue weighted by molar-refractivity contribution is 7.17. The molecular weight excluding hydrogens is 360 g/mol. The predicted octanol–water partition coefficient (Wildman–Crippen LogP) is 4.16. The highest BCUT2D eigenvalue weighted by Crippen LogP contribution is 2.40. The lowest BCUT2D eigenvalue weighted by Crippen LogP contribution is -2.50. The maximum atomic E-state index is 12.0. The zero-order valence-electron chi connectivity index (χ0n) is 16.0. The van der Waals surface area contributed by atoms with E-state index in [2.05, 4.69) is 9.88 Å². The molecule has 3 saturated heterocycles. The smallest absolute Gasteiger partial charge is 0.350 e. The van der Waals surface area contributed by atoms with Crippen molar-refractivity contribution in [3.63, 3.8) is 0 Å². The number of fused-ring (bicyclic) bond motifs is 3. The molecule has 2 bridgehead atoms. The summed E-state index contributed by atoms with van der Waals surface area (Å²) in [5.74, 6) is 0.578. The Morgan fingerprint density at radius 3 is 2.70 bits per heavy atom. The van der Waals surface area contributed by atoms with Gasteiger partial charge in [-0.3, -0.25) is 0 Å². The van der Waals surface area contributed by atoms with Crippen LogP contribution >= 0.6 is 11.3 Å². The van der Waals surface area contributed by atoms with E-state index in [1.807, 2.05) is 38.1 Å². The molecule has 3 aliphatic heterocycles. The van der Waals surface area contributed by atoms with Gasteiger partial charge in [0, 0.05) is 11.0 Å². The van der Waals surface area contributed by atoms with Crippen molar-refractivity contribution < 1.29 is 14.3 Å². The molecule has 0 unspecified atom stereocenters. The Morgan fingerprint density at radius 2 is 2.00 bits per heavy atom. The van der Waals surface area contributed by atoms with Crippen LogP contribution in [0.25, 0.3) is 10.6 Å². The molecule has 3 aliphatic rings. The van der Waals surface area contributed by atoms with Crippen LogP contribution in [0.4, 0.5) is 0 Å². The molecule has 5 nitrogen and oxygen atoms in total. The maximum absolute atomic E-state index is 12.0. The molecule has 2 aromatic rings. The van der Waals surface area contributed by atoms with Gasteiger partial charge in [0.25, 0.3) is 0 Å². The first-order valence-corrected chi connectivity index (χ1v) is 10.5. The fourth-order valence-corrected chi connectivity index (χ4v) is 4.93. The van der Waals surface area contributed by atoms with Gasteiger partial charge in [0.2, 0.25) is 0 Å². The Morgan fingerprint density at radius 1 is 1.26 bits per heavy atom. The molecule has 0 aliphatic carbocycles. The number of thiazole rings is 1. The SMILES string of the molecule is CCOC(=O)c1sc(-c2cccc(OCC34CCN(CC3)CC4)c2)nc1C. The van der Waals surface area contributed by atoms with Crippen LogP contribution in [0.15, 0.2) is 24.3 Å². The van der Waals surface area contributed by atoms with Crippen molar-refractivity contribution in [1.29, 1.82) is 0 Å². The standard InChI is InChI=1S/C21H26N2O3S/c1-3-25-20(24)18-15(2)22-19(27-18)16-5-4-6-17(13-16)26-14-21-7-10-23(11-8-21)12-9-21/h4-6,13H,3,7-12,14H2,1-2H3. The Kier molecular flexibility index (Phi) is 5.19. The second-order valence-corrected chi connectivity index (χ2v) is 8.56. The second kappa shape index (κ2) is 7.60. The minimum absolute atomic E-state index is 0.297. The molecule has 0 amide bonds. The number of carbonyl (C=O) groups is 1. The van der Waals surface area contributed by atoms with E-state index in [-0.39, 0.29) is 5.97 Å². The van der Waals surface area contributed by atoms with Gasteiger partial charge in [-0.2, -0.15) is 0 Å². The summed E-state index contributed by atoms with van der Waals surface area (Å²) >= 11 is 1.38. The molecule has 5 rings (SSSR count). The number of carbonyl (C=O) groups excluding carboxylic acids is 1. The number of hydrogen-bond donors (Lipinski definition) is 0. The molecule has 6 heteroatoms. The van der Waals surface area contributed by atoms with E-state index in [1.165, 1.54) is 50.2 Å². The Bertz CT molecular complexity index is 811. The van der Waals surface area contributed by atoms with Crippen molar-refractivity contribution >= 4 is 17.3 Å². The molecule has 3 fully saturated rings. The molecular formula is C21H26N2O3S. The van der Waals surface area contributed by atoms with Crippen LogP contribution in [0.3, 0.4) is 0 Å². The minimum Gasteiger partial charge on any atom is -0.493 e. The summed E-state index contributed by atoms with van der Waals surface area (Å²) in [6.45, 7) is 8.44. The summed E-state index contributed by atoms with van der Waals surface area (Å²) in [6.07, 6.45) is 3.71. The summed E-state index contributed by atoms with van der Waals surface area (Å²) in [5, 5.41) is 0.824. The second-order valence-electron chi connectivity index (χ2n) is 7.56. The lowest BCUT2D eigenvalue weighted by Gasteiger charge is -2.48. The van der Waals surface area contributed by atoms with Crippen molar-refractivity contribution in [3.8, 4) is 16.3 Å². The van der Waals surface area contributed by atoms with Crippen LogP contribution in [-0.4, -0.2) is 48.7 Å². The number of hydrogen-bond acceptors (Lipinski definition) is 6. The number of nitrogens with zero attached hydrogens (tertiary/aromatic N) is 2. The molecule has 1 aromatic heterocycles. The number of ether oxygens (including phenoxy) is 2. The normalized spacial score (nSPS) is 24.0. The number of esters is 1. The number of benzene rings is 1. The van der Waals surface area contributed by atoms with Gasteiger partial charge in [-0.15, -0.1) is 11.3 Å². The van der Waals surface area contributed by atoms with Gasteiger partial charge in [0.1, 0.15) is 15.6 Å². The number of aromatic nitrogens is 1. The van der Waals surface area contributed by atoms with E-state index in [4.69, 9.17) is 9.47 Å². The van der Waals surface area contributed by atoms with Crippen LogP contribution in [0.5, 0.6) is 5.75 Å². The lowest BCUT2D eigenvalue weighted by molar-refractivity contribution is -0.00765. The highest BCUT2D eigenvalue weighted by atomic mass is 32.1. The molecule has 4 heterocycles. The number of aryl methyl sites for hydroxylation is 1. The van der Waals surface area contributed by atoms with Crippen molar-refractivity contribution in [2.75, 3.05) is 32.8 Å². The zero-order valence-corrected chi connectivity index (χ0v) is 16.8. The average molecular weight is 387 g/mol. The third-order valence-electron chi connectivity index (χ3n) is 5.76. The molecule has 0 radical (unpaired) electrons. The quantitative estimate of drug-likeness (QED) is 0.698. The first-order valence-electron chi connectivity index (χ1n) is 9.69. The van der Waals surface area contributed by atoms with E-state index in [0.29, 0.717) is 22.6 Å². The van der Waals surface area contributed by atoms with Crippen molar-refractivity contribution in [1.82, 2.24) is 9.88 Å². The van der Waals surface area contributed by atoms with Gasteiger partial charge in [-0.1, -0.05) is 12.1 Å². The van der Waals surface area contributed by atoms with E-state index in [0.717, 1.165) is 22.9 Å². The lowest BCUT2D eigenvalue weighted by atomic mass is 9.73. The third kappa shape index (κ3) is 3.87. The van der Waals surface area contributed by atoms with Crippen LogP contribution in [0, 0.1) is 12.3 Å². The van der Waals surface area contributed by atoms with Crippen molar-refractivity contribution in [2.45, 2.75) is 33.1 Å². The van der Waals surface area contributed by atoms with Crippen molar-refractivity contribution in [2.24, 2.45) is 5.41 Å². The largest absolute Gasteiger partial charge is 0.493 e. The summed E-state index contributed by atoms with van der Waals surface area (Å²) in [7, 11) is 0. The Hall–Kier alpha value is -1.92. The first kappa shape index (κ1) is 18.4. The maximum Gasteiger partial charge on any atom is 0.350 e. The van der Waals surface area contributed by atoms with E-state index >= 15 is 0 Å². The van der Waals surface area contributed by atoms with E-state index in [1.54, 1.807) is 0 Å².